The first-order valence-electron chi connectivity index (χ1n) is 6.44. The molecule has 2 rings (SSSR count). The molecule has 88 valence electrons. The summed E-state index contributed by atoms with van der Waals surface area (Å²) in [6.07, 6.45) is 10.7. The molecule has 0 N–H and O–H groups in total. The van der Waals surface area contributed by atoms with E-state index in [1.807, 2.05) is 6.92 Å². The van der Waals surface area contributed by atoms with Gasteiger partial charge >= 0.3 is 0 Å². The maximum absolute atomic E-state index is 10.9. The molecule has 0 aromatic heterocycles. The second-order valence-electron chi connectivity index (χ2n) is 5.63. The van der Waals surface area contributed by atoms with Gasteiger partial charge in [-0.05, 0) is 31.6 Å². The average Bonchev–Trinajstić information content (AvgIpc) is 2.29. The highest BCUT2D eigenvalue weighted by molar-refractivity contribution is 5.59. The normalized spacial score (nSPS) is 35.8. The molecule has 0 aromatic rings. The summed E-state index contributed by atoms with van der Waals surface area (Å²) < 4.78 is 0. The van der Waals surface area contributed by atoms with Gasteiger partial charge in [0.1, 0.15) is 6.29 Å². The molecular formula is C15H22O. The molecule has 0 radical (unpaired) electrons. The first-order chi connectivity index (χ1) is 7.58. The van der Waals surface area contributed by atoms with Gasteiger partial charge in [-0.25, -0.2) is 0 Å². The number of aldehydes is 1. The van der Waals surface area contributed by atoms with E-state index in [9.17, 15) is 4.79 Å². The highest BCUT2D eigenvalue weighted by Crippen LogP contribution is 2.49. The summed E-state index contributed by atoms with van der Waals surface area (Å²) in [5.41, 5.74) is 3.18. The Kier molecular flexibility index (Phi) is 3.05. The molecule has 0 heterocycles. The lowest BCUT2D eigenvalue weighted by Gasteiger charge is -2.43. The van der Waals surface area contributed by atoms with E-state index in [2.05, 4.69) is 26.0 Å². The molecule has 16 heavy (non-hydrogen) atoms. The average molecular weight is 218 g/mol. The highest BCUT2D eigenvalue weighted by atomic mass is 16.1. The summed E-state index contributed by atoms with van der Waals surface area (Å²) in [6.45, 7) is 6.71. The summed E-state index contributed by atoms with van der Waals surface area (Å²) in [4.78, 5) is 10.9. The largest absolute Gasteiger partial charge is 0.303 e. The van der Waals surface area contributed by atoms with Crippen LogP contribution in [-0.2, 0) is 4.79 Å². The molecule has 0 bridgehead atoms. The molecule has 1 unspecified atom stereocenters. The van der Waals surface area contributed by atoms with Crippen molar-refractivity contribution in [2.45, 2.75) is 46.5 Å². The van der Waals surface area contributed by atoms with E-state index in [4.69, 9.17) is 0 Å². The Bertz CT molecular complexity index is 350. The molecule has 0 aliphatic heterocycles. The molecule has 1 heteroatoms. The van der Waals surface area contributed by atoms with Crippen LogP contribution in [0.25, 0.3) is 0 Å². The predicted octanol–water partition coefficient (Wildman–Crippen LogP) is 3.90. The van der Waals surface area contributed by atoms with Gasteiger partial charge in [-0.1, -0.05) is 44.1 Å². The van der Waals surface area contributed by atoms with E-state index >= 15 is 0 Å². The molecular weight excluding hydrogens is 196 g/mol. The lowest BCUT2D eigenvalue weighted by molar-refractivity contribution is -0.109. The fourth-order valence-corrected chi connectivity index (χ4v) is 3.13. The zero-order valence-corrected chi connectivity index (χ0v) is 10.6. The molecule has 2 aliphatic rings. The van der Waals surface area contributed by atoms with Crippen molar-refractivity contribution >= 4 is 6.29 Å². The number of carbonyl (C=O) groups is 1. The van der Waals surface area contributed by atoms with E-state index in [0.29, 0.717) is 5.92 Å². The second-order valence-corrected chi connectivity index (χ2v) is 5.63. The molecule has 2 aliphatic carbocycles. The van der Waals surface area contributed by atoms with Gasteiger partial charge in [-0.15, -0.1) is 0 Å². The third kappa shape index (κ3) is 1.77. The van der Waals surface area contributed by atoms with Gasteiger partial charge in [-0.2, -0.15) is 0 Å². The van der Waals surface area contributed by atoms with Crippen LogP contribution in [0.1, 0.15) is 46.5 Å². The Balaban J connectivity index is 2.36. The maximum atomic E-state index is 10.9. The molecule has 1 nitrogen and oxygen atoms in total. The fraction of sp³-hybridized carbons (Fsp3) is 0.667. The third-order valence-electron chi connectivity index (χ3n) is 4.66. The van der Waals surface area contributed by atoms with Gasteiger partial charge in [0.05, 0.1) is 0 Å². The smallest absolute Gasteiger partial charge is 0.126 e. The van der Waals surface area contributed by atoms with Gasteiger partial charge in [0, 0.05) is 11.3 Å². The Morgan fingerprint density at radius 3 is 2.94 bits per heavy atom. The number of allylic oxidation sites excluding steroid dienone is 4. The molecule has 0 amide bonds. The topological polar surface area (TPSA) is 17.1 Å². The summed E-state index contributed by atoms with van der Waals surface area (Å²) in [6, 6.07) is 0. The zero-order valence-electron chi connectivity index (χ0n) is 10.6. The first-order valence-corrected chi connectivity index (χ1v) is 6.44. The molecule has 3 atom stereocenters. The number of fused-ring (bicyclic) bond motifs is 1. The molecule has 0 fully saturated rings. The third-order valence-corrected chi connectivity index (χ3v) is 4.66. The van der Waals surface area contributed by atoms with Gasteiger partial charge in [0.25, 0.3) is 0 Å². The second kappa shape index (κ2) is 4.20. The summed E-state index contributed by atoms with van der Waals surface area (Å²) >= 11 is 0. The van der Waals surface area contributed by atoms with Crippen LogP contribution in [0.4, 0.5) is 0 Å². The van der Waals surface area contributed by atoms with Crippen LogP contribution >= 0.6 is 0 Å². The summed E-state index contributed by atoms with van der Waals surface area (Å²) in [5, 5.41) is 0. The Morgan fingerprint density at radius 2 is 2.25 bits per heavy atom. The Labute approximate surface area is 98.6 Å². The van der Waals surface area contributed by atoms with Crippen molar-refractivity contribution < 1.29 is 4.79 Å². The van der Waals surface area contributed by atoms with Gasteiger partial charge in [-0.3, -0.25) is 0 Å². The Hall–Kier alpha value is -0.850. The van der Waals surface area contributed by atoms with Crippen LogP contribution in [0.3, 0.4) is 0 Å². The number of carbonyl (C=O) groups excluding carboxylic acids is 1. The van der Waals surface area contributed by atoms with E-state index in [-0.39, 0.29) is 11.3 Å². The minimum atomic E-state index is 0.104. The van der Waals surface area contributed by atoms with Crippen molar-refractivity contribution in [2.24, 2.45) is 17.3 Å². The maximum Gasteiger partial charge on any atom is 0.126 e. The lowest BCUT2D eigenvalue weighted by Crippen LogP contribution is -2.32. The zero-order chi connectivity index (χ0) is 11.8. The van der Waals surface area contributed by atoms with Crippen LogP contribution in [0, 0.1) is 17.3 Å². The van der Waals surface area contributed by atoms with Crippen LogP contribution in [0.5, 0.6) is 0 Å². The molecule has 0 saturated heterocycles. The van der Waals surface area contributed by atoms with Crippen LogP contribution < -0.4 is 0 Å². The first kappa shape index (κ1) is 11.6. The SMILES string of the molecule is CC(C=O)C1=C[C@]2(C)C(=CCC[C@H]2C)CC1. The van der Waals surface area contributed by atoms with Crippen molar-refractivity contribution in [2.75, 3.05) is 0 Å². The van der Waals surface area contributed by atoms with E-state index in [1.165, 1.54) is 18.4 Å². The van der Waals surface area contributed by atoms with Crippen molar-refractivity contribution in [3.8, 4) is 0 Å². The fourth-order valence-electron chi connectivity index (χ4n) is 3.13. The molecule has 0 spiro atoms. The lowest BCUT2D eigenvalue weighted by atomic mass is 9.62. The van der Waals surface area contributed by atoms with Crippen molar-refractivity contribution in [3.05, 3.63) is 23.3 Å². The number of rotatable bonds is 2. The van der Waals surface area contributed by atoms with Gasteiger partial charge < -0.3 is 4.79 Å². The van der Waals surface area contributed by atoms with E-state index < -0.39 is 0 Å². The van der Waals surface area contributed by atoms with Gasteiger partial charge in [0.15, 0.2) is 0 Å². The number of hydrogen-bond acceptors (Lipinski definition) is 1. The van der Waals surface area contributed by atoms with E-state index in [1.54, 1.807) is 5.57 Å². The van der Waals surface area contributed by atoms with Crippen LogP contribution in [0.2, 0.25) is 0 Å². The minimum Gasteiger partial charge on any atom is -0.303 e. The predicted molar refractivity (Wildman–Crippen MR) is 67.1 cm³/mol. The standard InChI is InChI=1S/C15H22O/c1-11(10-16)13-7-8-14-6-4-5-12(2)15(14,3)9-13/h6,9-12H,4-5,7-8H2,1-3H3/t11?,12-,15+/m1/s1. The highest BCUT2D eigenvalue weighted by Gasteiger charge is 2.37. The van der Waals surface area contributed by atoms with Crippen molar-refractivity contribution in [3.63, 3.8) is 0 Å². The summed E-state index contributed by atoms with van der Waals surface area (Å²) in [7, 11) is 0. The van der Waals surface area contributed by atoms with Crippen LogP contribution in [-0.4, -0.2) is 6.29 Å². The summed E-state index contributed by atoms with van der Waals surface area (Å²) in [5.74, 6) is 0.814. The van der Waals surface area contributed by atoms with E-state index in [0.717, 1.165) is 19.1 Å². The molecule has 0 aromatic carbocycles. The quantitative estimate of drug-likeness (QED) is 0.507. The van der Waals surface area contributed by atoms with Crippen molar-refractivity contribution in [1.82, 2.24) is 0 Å². The molecule has 0 saturated carbocycles. The Morgan fingerprint density at radius 1 is 1.50 bits per heavy atom. The van der Waals surface area contributed by atoms with Gasteiger partial charge in [0.2, 0.25) is 0 Å². The minimum absolute atomic E-state index is 0.104. The van der Waals surface area contributed by atoms with Crippen molar-refractivity contribution in [1.29, 1.82) is 0 Å². The number of hydrogen-bond donors (Lipinski definition) is 0. The monoisotopic (exact) mass is 218 g/mol. The van der Waals surface area contributed by atoms with Crippen LogP contribution in [0.15, 0.2) is 23.3 Å².